The van der Waals surface area contributed by atoms with Crippen molar-refractivity contribution >= 4 is 56.6 Å². The number of rotatable bonds is 7. The predicted molar refractivity (Wildman–Crippen MR) is 164 cm³/mol. The van der Waals surface area contributed by atoms with E-state index in [9.17, 15) is 4.79 Å². The van der Waals surface area contributed by atoms with E-state index in [1.807, 2.05) is 62.7 Å². The van der Waals surface area contributed by atoms with Gasteiger partial charge in [0.25, 0.3) is 0 Å². The summed E-state index contributed by atoms with van der Waals surface area (Å²) in [7, 11) is 0. The van der Waals surface area contributed by atoms with E-state index in [1.54, 1.807) is 18.3 Å². The predicted octanol–water partition coefficient (Wildman–Crippen LogP) is 6.77. The minimum atomic E-state index is -0.905. The molecule has 6 rings (SSSR count). The first-order chi connectivity index (χ1) is 19.6. The summed E-state index contributed by atoms with van der Waals surface area (Å²) >= 11 is 7.89. The van der Waals surface area contributed by atoms with E-state index in [4.69, 9.17) is 35.9 Å². The normalized spacial score (nSPS) is 19.4. The quantitative estimate of drug-likeness (QED) is 0.224. The van der Waals surface area contributed by atoms with Gasteiger partial charge in [-0.15, -0.1) is 11.3 Å². The Morgan fingerprint density at radius 3 is 2.63 bits per heavy atom. The van der Waals surface area contributed by atoms with E-state index >= 15 is 0 Å². The largest absolute Gasteiger partial charge is 0.464 e. The molecule has 7 nitrogen and oxygen atoms in total. The number of esters is 1. The third kappa shape index (κ3) is 5.54. The number of nitrogens with zero attached hydrogens (tertiary/aromatic N) is 3. The van der Waals surface area contributed by atoms with E-state index in [0.717, 1.165) is 48.8 Å². The van der Waals surface area contributed by atoms with Gasteiger partial charge in [0.05, 0.1) is 22.4 Å². The van der Waals surface area contributed by atoms with Crippen LogP contribution in [0.5, 0.6) is 0 Å². The number of carbonyl (C=O) groups excluding carboxylic acids is 1. The molecule has 1 fully saturated rings. The van der Waals surface area contributed by atoms with Crippen LogP contribution in [-0.4, -0.2) is 59.0 Å². The van der Waals surface area contributed by atoms with Gasteiger partial charge in [0.1, 0.15) is 29.9 Å². The number of allylic oxidation sites excluding steroid dienone is 4. The third-order valence-electron chi connectivity index (χ3n) is 7.22. The van der Waals surface area contributed by atoms with E-state index in [1.165, 1.54) is 0 Å². The molecule has 2 atom stereocenters. The average Bonchev–Trinajstić information content (AvgIpc) is 3.49. The van der Waals surface area contributed by atoms with Crippen molar-refractivity contribution in [1.29, 1.82) is 0 Å². The zero-order valence-electron chi connectivity index (χ0n) is 23.8. The van der Waals surface area contributed by atoms with Crippen LogP contribution < -0.4 is 0 Å². The summed E-state index contributed by atoms with van der Waals surface area (Å²) in [6, 6.07) is 10.0. The van der Waals surface area contributed by atoms with Crippen molar-refractivity contribution in [1.82, 2.24) is 4.98 Å². The monoisotopic (exact) mass is 590 g/mol. The van der Waals surface area contributed by atoms with Crippen LogP contribution in [0.25, 0.3) is 26.9 Å². The van der Waals surface area contributed by atoms with Crippen LogP contribution in [-0.2, 0) is 19.0 Å². The van der Waals surface area contributed by atoms with Gasteiger partial charge in [0, 0.05) is 21.7 Å². The number of aromatic nitrogens is 1. The highest BCUT2D eigenvalue weighted by Gasteiger charge is 2.37. The molecule has 212 valence electrons. The van der Waals surface area contributed by atoms with Gasteiger partial charge < -0.3 is 14.2 Å². The third-order valence-corrected chi connectivity index (χ3v) is 8.60. The summed E-state index contributed by atoms with van der Waals surface area (Å²) in [6.45, 7) is 11.3. The number of halogens is 1. The number of hydrogen-bond acceptors (Lipinski definition) is 7. The van der Waals surface area contributed by atoms with Gasteiger partial charge in [-0.25, -0.2) is 9.78 Å². The van der Waals surface area contributed by atoms with Crippen LogP contribution in [0.1, 0.15) is 49.9 Å². The van der Waals surface area contributed by atoms with Gasteiger partial charge in [-0.1, -0.05) is 40.6 Å². The summed E-state index contributed by atoms with van der Waals surface area (Å²) < 4.78 is 20.3. The van der Waals surface area contributed by atoms with Crippen molar-refractivity contribution in [2.75, 3.05) is 19.8 Å². The van der Waals surface area contributed by atoms with Crippen molar-refractivity contribution in [3.8, 4) is 11.1 Å². The zero-order chi connectivity index (χ0) is 28.9. The molecular weight excluding hydrogens is 558 g/mol. The van der Waals surface area contributed by atoms with Crippen molar-refractivity contribution in [3.63, 3.8) is 0 Å². The van der Waals surface area contributed by atoms with Crippen LogP contribution in [0.4, 0.5) is 0 Å². The number of benzene rings is 2. The number of ether oxygens (including phenoxy) is 3. The van der Waals surface area contributed by atoms with E-state index in [2.05, 4.69) is 24.4 Å². The molecule has 2 aromatic carbocycles. The molecule has 1 aliphatic carbocycles. The molecule has 2 aliphatic heterocycles. The van der Waals surface area contributed by atoms with E-state index in [-0.39, 0.29) is 12.5 Å². The zero-order valence-corrected chi connectivity index (χ0v) is 25.4. The summed E-state index contributed by atoms with van der Waals surface area (Å²) in [5.74, 6) is -0.309. The molecule has 0 radical (unpaired) electrons. The number of carbonyl (C=O) groups is 1. The topological polar surface area (TPSA) is 73.0 Å². The van der Waals surface area contributed by atoms with E-state index < -0.39 is 17.7 Å². The second-order valence-corrected chi connectivity index (χ2v) is 12.9. The van der Waals surface area contributed by atoms with Gasteiger partial charge in [-0.2, -0.15) is 0 Å². The Balaban J connectivity index is 1.50. The average molecular weight is 591 g/mol. The maximum Gasteiger partial charge on any atom is 0.339 e. The van der Waals surface area contributed by atoms with Crippen molar-refractivity contribution in [3.05, 3.63) is 69.7 Å². The smallest absolute Gasteiger partial charge is 0.339 e. The van der Waals surface area contributed by atoms with Crippen LogP contribution in [0, 0.1) is 12.8 Å². The Morgan fingerprint density at radius 2 is 1.98 bits per heavy atom. The van der Waals surface area contributed by atoms with Gasteiger partial charge in [-0.3, -0.25) is 0 Å². The fourth-order valence-electron chi connectivity index (χ4n) is 5.27. The molecule has 0 amide bonds. The lowest BCUT2D eigenvalue weighted by atomic mass is 9.91. The van der Waals surface area contributed by atoms with Crippen molar-refractivity contribution in [2.24, 2.45) is 11.0 Å². The first-order valence-corrected chi connectivity index (χ1v) is 15.0. The minimum absolute atomic E-state index is 0.101. The van der Waals surface area contributed by atoms with Crippen molar-refractivity contribution < 1.29 is 23.7 Å². The molecule has 1 saturated heterocycles. The Labute approximate surface area is 248 Å². The number of thiazole rings is 1. The SMILES string of the molecule is CCOC(=O)[C@@H](OC(C)(C)C)c1c(C)cc2nc(C3=CC4C=[N+](C5COC5)N=C4C=C3)sc2c1-c1ccc(Cl)cc1. The molecule has 0 saturated carbocycles. The molecule has 3 aliphatic rings. The molecule has 0 N–H and O–H groups in total. The molecule has 1 aromatic heterocycles. The fourth-order valence-corrected chi connectivity index (χ4v) is 6.52. The standard InChI is InChI=1S/C32H33ClN3O4S/c1-6-39-31(37)28(40-32(3,4)5)26-18(2)13-25-29(27(26)19-7-10-22(33)11-8-19)41-30(34-25)20-9-12-24-21(14-20)15-36(35-24)23-16-38-17-23/h7-15,21,23,28H,6,16-17H2,1-5H3/q+1/t21?,28-/m0/s1. The molecule has 3 aromatic rings. The highest BCUT2D eigenvalue weighted by atomic mass is 35.5. The summed E-state index contributed by atoms with van der Waals surface area (Å²) in [6.07, 6.45) is 7.64. The lowest BCUT2D eigenvalue weighted by Gasteiger charge is -2.29. The molecule has 0 bridgehead atoms. The lowest BCUT2D eigenvalue weighted by Crippen LogP contribution is -2.41. The molecule has 41 heavy (non-hydrogen) atoms. The van der Waals surface area contributed by atoms with Crippen LogP contribution in [0.15, 0.2) is 53.7 Å². The van der Waals surface area contributed by atoms with Gasteiger partial charge in [-0.05, 0) is 75.1 Å². The van der Waals surface area contributed by atoms with Gasteiger partial charge in [0.2, 0.25) is 6.04 Å². The number of hydrazone groups is 1. The molecule has 1 unspecified atom stereocenters. The highest BCUT2D eigenvalue weighted by molar-refractivity contribution is 7.20. The van der Waals surface area contributed by atoms with Crippen LogP contribution in [0.3, 0.4) is 0 Å². The number of fused-ring (bicyclic) bond motifs is 2. The molecule has 9 heteroatoms. The fraction of sp³-hybridized carbons (Fsp3) is 0.375. The highest BCUT2D eigenvalue weighted by Crippen LogP contribution is 2.44. The van der Waals surface area contributed by atoms with Crippen LogP contribution in [0.2, 0.25) is 5.02 Å². The van der Waals surface area contributed by atoms with Crippen molar-refractivity contribution in [2.45, 2.75) is 52.4 Å². The first-order valence-electron chi connectivity index (χ1n) is 13.9. The lowest BCUT2D eigenvalue weighted by molar-refractivity contribution is -0.591. The van der Waals surface area contributed by atoms with E-state index in [0.29, 0.717) is 24.3 Å². The Bertz CT molecular complexity index is 1640. The molecule has 0 spiro atoms. The number of hydrogen-bond donors (Lipinski definition) is 0. The summed E-state index contributed by atoms with van der Waals surface area (Å²) in [4.78, 5) is 18.5. The first kappa shape index (κ1) is 28.0. The summed E-state index contributed by atoms with van der Waals surface area (Å²) in [5.41, 5.74) is 5.90. The summed E-state index contributed by atoms with van der Waals surface area (Å²) in [5, 5.41) is 6.31. The Kier molecular flexibility index (Phi) is 7.44. The molecule has 3 heterocycles. The molecular formula is C32H33ClN3O4S+. The maximum absolute atomic E-state index is 13.4. The second kappa shape index (κ2) is 10.9. The minimum Gasteiger partial charge on any atom is -0.464 e. The van der Waals surface area contributed by atoms with Gasteiger partial charge in [0.15, 0.2) is 12.3 Å². The van der Waals surface area contributed by atoms with Crippen LogP contribution >= 0.6 is 22.9 Å². The van der Waals surface area contributed by atoms with Gasteiger partial charge >= 0.3 is 5.97 Å². The maximum atomic E-state index is 13.4. The second-order valence-electron chi connectivity index (χ2n) is 11.4. The Morgan fingerprint density at radius 1 is 1.22 bits per heavy atom. The Hall–Kier alpha value is -3.17. The number of aryl methyl sites for hydroxylation is 1.